The van der Waals surface area contributed by atoms with Crippen LogP contribution in [-0.2, 0) is 0 Å². The predicted octanol–water partition coefficient (Wildman–Crippen LogP) is -0.391. The third-order valence-electron chi connectivity index (χ3n) is 2.21. The average molecular weight is 179 g/mol. The second kappa shape index (κ2) is 3.72. The van der Waals surface area contributed by atoms with Gasteiger partial charge in [-0.2, -0.15) is 0 Å². The first kappa shape index (κ1) is 8.47. The third-order valence-corrected chi connectivity index (χ3v) is 2.21. The van der Waals surface area contributed by atoms with Gasteiger partial charge in [0.1, 0.15) is 0 Å². The van der Waals surface area contributed by atoms with Crippen LogP contribution in [0.2, 0.25) is 0 Å². The van der Waals surface area contributed by atoms with Crippen molar-refractivity contribution in [2.75, 3.05) is 19.6 Å². The molecule has 2 rings (SSSR count). The van der Waals surface area contributed by atoms with Crippen molar-refractivity contribution in [1.82, 2.24) is 15.6 Å². The maximum Gasteiger partial charge on any atom is 0.248 e. The minimum absolute atomic E-state index is 0.0372. The lowest BCUT2D eigenvalue weighted by Crippen LogP contribution is -2.43. The van der Waals surface area contributed by atoms with Crippen LogP contribution >= 0.6 is 0 Å². The lowest BCUT2D eigenvalue weighted by Gasteiger charge is -2.24. The zero-order valence-electron chi connectivity index (χ0n) is 7.34. The minimum atomic E-state index is -0.0372. The van der Waals surface area contributed by atoms with Gasteiger partial charge in [0.2, 0.25) is 5.56 Å². The molecule has 13 heavy (non-hydrogen) atoms. The van der Waals surface area contributed by atoms with Crippen molar-refractivity contribution in [3.05, 3.63) is 34.2 Å². The summed E-state index contributed by atoms with van der Waals surface area (Å²) < 4.78 is 0. The van der Waals surface area contributed by atoms with E-state index in [1.807, 2.05) is 6.07 Å². The van der Waals surface area contributed by atoms with E-state index in [0.717, 1.165) is 25.3 Å². The SMILES string of the molecule is O=c1cccc([C@@H]2CNCCN2)[nH]1. The molecule has 0 aromatic carbocycles. The van der Waals surface area contributed by atoms with Crippen LogP contribution in [0, 0.1) is 0 Å². The minimum Gasteiger partial charge on any atom is -0.325 e. The Morgan fingerprint density at radius 1 is 1.31 bits per heavy atom. The summed E-state index contributed by atoms with van der Waals surface area (Å²) in [4.78, 5) is 13.8. The van der Waals surface area contributed by atoms with Crippen LogP contribution in [0.4, 0.5) is 0 Å². The fourth-order valence-electron chi connectivity index (χ4n) is 1.54. The lowest BCUT2D eigenvalue weighted by molar-refractivity contribution is 0.422. The summed E-state index contributed by atoms with van der Waals surface area (Å²) in [5, 5.41) is 6.60. The van der Waals surface area contributed by atoms with Crippen molar-refractivity contribution in [2.45, 2.75) is 6.04 Å². The molecule has 1 aromatic heterocycles. The van der Waals surface area contributed by atoms with Gasteiger partial charge in [-0.15, -0.1) is 0 Å². The Morgan fingerprint density at radius 3 is 2.92 bits per heavy atom. The Kier molecular flexibility index (Phi) is 2.42. The molecule has 0 amide bonds. The third kappa shape index (κ3) is 1.96. The van der Waals surface area contributed by atoms with Crippen molar-refractivity contribution in [3.63, 3.8) is 0 Å². The van der Waals surface area contributed by atoms with E-state index in [-0.39, 0.29) is 11.6 Å². The molecule has 1 aliphatic heterocycles. The highest BCUT2D eigenvalue weighted by molar-refractivity contribution is 5.10. The van der Waals surface area contributed by atoms with E-state index in [2.05, 4.69) is 15.6 Å². The van der Waals surface area contributed by atoms with Gasteiger partial charge in [0.25, 0.3) is 0 Å². The van der Waals surface area contributed by atoms with Crippen LogP contribution in [0.1, 0.15) is 11.7 Å². The zero-order chi connectivity index (χ0) is 9.10. The van der Waals surface area contributed by atoms with Gasteiger partial charge in [0.15, 0.2) is 0 Å². The molecule has 4 heteroatoms. The summed E-state index contributed by atoms with van der Waals surface area (Å²) in [7, 11) is 0. The van der Waals surface area contributed by atoms with Gasteiger partial charge in [-0.1, -0.05) is 6.07 Å². The van der Waals surface area contributed by atoms with Crippen LogP contribution < -0.4 is 16.2 Å². The molecule has 0 radical (unpaired) electrons. The molecule has 70 valence electrons. The van der Waals surface area contributed by atoms with Gasteiger partial charge in [-0.05, 0) is 6.07 Å². The molecule has 1 atom stereocenters. The van der Waals surface area contributed by atoms with Gasteiger partial charge in [-0.3, -0.25) is 4.79 Å². The molecule has 0 spiro atoms. The largest absolute Gasteiger partial charge is 0.325 e. The smallest absolute Gasteiger partial charge is 0.248 e. The maximum atomic E-state index is 11.0. The Labute approximate surface area is 76.4 Å². The summed E-state index contributed by atoms with van der Waals surface area (Å²) in [6.45, 7) is 2.81. The van der Waals surface area contributed by atoms with Gasteiger partial charge >= 0.3 is 0 Å². The number of hydrogen-bond acceptors (Lipinski definition) is 3. The first-order chi connectivity index (χ1) is 6.36. The monoisotopic (exact) mass is 179 g/mol. The molecule has 0 saturated carbocycles. The maximum absolute atomic E-state index is 11.0. The molecule has 3 N–H and O–H groups in total. The molecule has 1 fully saturated rings. The Bertz CT molecular complexity index is 328. The van der Waals surface area contributed by atoms with Crippen LogP contribution in [-0.4, -0.2) is 24.6 Å². The zero-order valence-corrected chi connectivity index (χ0v) is 7.34. The quantitative estimate of drug-likeness (QED) is 0.550. The topological polar surface area (TPSA) is 56.9 Å². The highest BCUT2D eigenvalue weighted by Crippen LogP contribution is 2.07. The predicted molar refractivity (Wildman–Crippen MR) is 50.7 cm³/mol. The average Bonchev–Trinajstić information content (AvgIpc) is 2.19. The second-order valence-corrected chi connectivity index (χ2v) is 3.18. The van der Waals surface area contributed by atoms with Crippen molar-refractivity contribution < 1.29 is 0 Å². The van der Waals surface area contributed by atoms with Gasteiger partial charge in [0, 0.05) is 31.4 Å². The van der Waals surface area contributed by atoms with Gasteiger partial charge in [-0.25, -0.2) is 0 Å². The van der Waals surface area contributed by atoms with E-state index in [0.29, 0.717) is 0 Å². The number of hydrogen-bond donors (Lipinski definition) is 3. The molecule has 2 heterocycles. The van der Waals surface area contributed by atoms with Crippen LogP contribution in [0.15, 0.2) is 23.0 Å². The fourth-order valence-corrected chi connectivity index (χ4v) is 1.54. The highest BCUT2D eigenvalue weighted by atomic mass is 16.1. The summed E-state index contributed by atoms with van der Waals surface area (Å²) in [5.41, 5.74) is 0.921. The van der Waals surface area contributed by atoms with Crippen LogP contribution in [0.3, 0.4) is 0 Å². The molecule has 1 saturated heterocycles. The number of aromatic amines is 1. The molecular weight excluding hydrogens is 166 g/mol. The van der Waals surface area contributed by atoms with Gasteiger partial charge in [0.05, 0.1) is 6.04 Å². The van der Waals surface area contributed by atoms with Crippen LogP contribution in [0.5, 0.6) is 0 Å². The van der Waals surface area contributed by atoms with Crippen molar-refractivity contribution in [2.24, 2.45) is 0 Å². The van der Waals surface area contributed by atoms with Crippen molar-refractivity contribution >= 4 is 0 Å². The number of piperazine rings is 1. The highest BCUT2D eigenvalue weighted by Gasteiger charge is 2.13. The summed E-state index contributed by atoms with van der Waals surface area (Å²) in [5.74, 6) is 0. The number of aromatic nitrogens is 1. The molecule has 1 aliphatic rings. The normalized spacial score (nSPS) is 22.9. The molecule has 1 aromatic rings. The molecule has 0 aliphatic carbocycles. The Morgan fingerprint density at radius 2 is 2.23 bits per heavy atom. The van der Waals surface area contributed by atoms with E-state index in [1.165, 1.54) is 6.07 Å². The summed E-state index contributed by atoms with van der Waals surface area (Å²) in [6.07, 6.45) is 0. The van der Waals surface area contributed by atoms with E-state index >= 15 is 0 Å². The molecule has 0 unspecified atom stereocenters. The fraction of sp³-hybridized carbons (Fsp3) is 0.444. The second-order valence-electron chi connectivity index (χ2n) is 3.18. The summed E-state index contributed by atoms with van der Waals surface area (Å²) >= 11 is 0. The number of pyridine rings is 1. The molecule has 4 nitrogen and oxygen atoms in total. The van der Waals surface area contributed by atoms with E-state index < -0.39 is 0 Å². The van der Waals surface area contributed by atoms with E-state index in [1.54, 1.807) is 6.07 Å². The summed E-state index contributed by atoms with van der Waals surface area (Å²) in [6, 6.07) is 5.48. The van der Waals surface area contributed by atoms with Crippen molar-refractivity contribution in [3.8, 4) is 0 Å². The van der Waals surface area contributed by atoms with Crippen LogP contribution in [0.25, 0.3) is 0 Å². The number of rotatable bonds is 1. The Balaban J connectivity index is 2.19. The first-order valence-corrected chi connectivity index (χ1v) is 4.49. The van der Waals surface area contributed by atoms with Gasteiger partial charge < -0.3 is 15.6 Å². The molecular formula is C9H13N3O. The Hall–Kier alpha value is -1.13. The van der Waals surface area contributed by atoms with E-state index in [4.69, 9.17) is 0 Å². The molecule has 0 bridgehead atoms. The standard InChI is InChI=1S/C9H13N3O/c13-9-3-1-2-7(12-9)8-6-10-4-5-11-8/h1-3,8,10-11H,4-6H2,(H,12,13)/t8-/m0/s1. The first-order valence-electron chi connectivity index (χ1n) is 4.49. The van der Waals surface area contributed by atoms with Crippen molar-refractivity contribution in [1.29, 1.82) is 0 Å². The van der Waals surface area contributed by atoms with E-state index in [9.17, 15) is 4.79 Å². The lowest BCUT2D eigenvalue weighted by atomic mass is 10.1. The number of H-pyrrole nitrogens is 1. The number of nitrogens with one attached hydrogen (secondary N) is 3.